The summed E-state index contributed by atoms with van der Waals surface area (Å²) < 4.78 is 11.5. The topological polar surface area (TPSA) is 93.1 Å². The van der Waals surface area contributed by atoms with Crippen LogP contribution in [0.3, 0.4) is 0 Å². The van der Waals surface area contributed by atoms with Gasteiger partial charge in [-0.15, -0.1) is 0 Å². The third-order valence-electron chi connectivity index (χ3n) is 8.40. The average Bonchev–Trinajstić information content (AvgIpc) is 3.17. The first-order valence-corrected chi connectivity index (χ1v) is 14.6. The molecule has 5 atom stereocenters. The highest BCUT2D eigenvalue weighted by atomic mass is 16.5. The van der Waals surface area contributed by atoms with Crippen molar-refractivity contribution in [2.45, 2.75) is 116 Å². The minimum atomic E-state index is -0.980. The van der Waals surface area contributed by atoms with Crippen LogP contribution in [-0.4, -0.2) is 41.0 Å². The maximum Gasteiger partial charge on any atom is 0.341 e. The Balaban J connectivity index is 1.58. The molecular weight excluding hydrogens is 468 g/mol. The number of esters is 1. The molecule has 1 saturated carbocycles. The minimum absolute atomic E-state index is 0.0799. The van der Waals surface area contributed by atoms with Crippen molar-refractivity contribution in [3.05, 3.63) is 29.3 Å². The summed E-state index contributed by atoms with van der Waals surface area (Å²) in [5.41, 5.74) is 2.30. The molecule has 0 bridgehead atoms. The van der Waals surface area contributed by atoms with Gasteiger partial charge in [-0.25, -0.2) is 4.79 Å². The number of carbonyl (C=O) groups excluding carboxylic acids is 1. The molecule has 1 aromatic rings. The van der Waals surface area contributed by atoms with Crippen molar-refractivity contribution >= 4 is 11.9 Å². The lowest BCUT2D eigenvalue weighted by Crippen LogP contribution is -2.29. The molecule has 2 aliphatic carbocycles. The third kappa shape index (κ3) is 8.73. The Kier molecular flexibility index (Phi) is 11.8. The zero-order valence-corrected chi connectivity index (χ0v) is 23.1. The molecule has 2 N–H and O–H groups in total. The molecule has 6 heteroatoms. The third-order valence-corrected chi connectivity index (χ3v) is 8.40. The maximum atomic E-state index is 12.4. The van der Waals surface area contributed by atoms with E-state index in [0.717, 1.165) is 50.5 Å². The lowest BCUT2D eigenvalue weighted by molar-refractivity contribution is -0.153. The van der Waals surface area contributed by atoms with Gasteiger partial charge in [-0.1, -0.05) is 71.4 Å². The molecule has 0 heterocycles. The van der Waals surface area contributed by atoms with Crippen LogP contribution in [0.1, 0.15) is 103 Å². The van der Waals surface area contributed by atoms with E-state index in [4.69, 9.17) is 14.6 Å². The zero-order chi connectivity index (χ0) is 26.8. The fourth-order valence-corrected chi connectivity index (χ4v) is 6.35. The van der Waals surface area contributed by atoms with Crippen LogP contribution in [0.15, 0.2) is 18.2 Å². The Labute approximate surface area is 223 Å². The molecule has 0 aliphatic heterocycles. The normalized spacial score (nSPS) is 23.4. The number of benzene rings is 1. The summed E-state index contributed by atoms with van der Waals surface area (Å²) in [5.74, 6) is 0.359. The molecule has 0 unspecified atom stereocenters. The van der Waals surface area contributed by atoms with Crippen LogP contribution in [0.4, 0.5) is 0 Å². The average molecular weight is 517 g/mol. The fraction of sp³-hybridized carbons (Fsp3) is 0.742. The van der Waals surface area contributed by atoms with Gasteiger partial charge in [-0.3, -0.25) is 4.79 Å². The second-order valence-corrected chi connectivity index (χ2v) is 11.6. The van der Waals surface area contributed by atoms with Gasteiger partial charge in [0.15, 0.2) is 6.61 Å². The maximum absolute atomic E-state index is 12.4. The number of carboxylic acid groups (broad SMARTS) is 1. The molecule has 1 fully saturated rings. The number of ether oxygens (including phenoxy) is 2. The van der Waals surface area contributed by atoms with E-state index in [1.165, 1.54) is 44.1 Å². The van der Waals surface area contributed by atoms with Crippen LogP contribution < -0.4 is 4.74 Å². The molecule has 1 aromatic carbocycles. The predicted molar refractivity (Wildman–Crippen MR) is 145 cm³/mol. The van der Waals surface area contributed by atoms with Gasteiger partial charge in [0.25, 0.3) is 0 Å². The quantitative estimate of drug-likeness (QED) is 0.196. The first-order chi connectivity index (χ1) is 17.8. The van der Waals surface area contributed by atoms with Crippen molar-refractivity contribution in [2.75, 3.05) is 6.61 Å². The summed E-state index contributed by atoms with van der Waals surface area (Å²) in [7, 11) is 0. The first kappa shape index (κ1) is 29.5. The van der Waals surface area contributed by atoms with Gasteiger partial charge >= 0.3 is 11.9 Å². The van der Waals surface area contributed by atoms with Crippen molar-refractivity contribution in [2.24, 2.45) is 23.7 Å². The summed E-state index contributed by atoms with van der Waals surface area (Å²) in [6.07, 6.45) is 13.2. The number of fused-ring (bicyclic) bond motifs is 2. The number of hydrogen-bond donors (Lipinski definition) is 2. The van der Waals surface area contributed by atoms with Gasteiger partial charge < -0.3 is 19.7 Å². The Hall–Kier alpha value is -2.08. The monoisotopic (exact) mass is 516 g/mol. The summed E-state index contributed by atoms with van der Waals surface area (Å²) in [4.78, 5) is 23.4. The standard InChI is InChI=1S/C31H48O6/c1-4-5-6-7-8-9-10-13-24(37-31(35)21(2)3)15-16-25-26-17-22-12-11-14-29(36-20-30(33)34)27(22)18-23(26)19-28(25)32/h11-12,14,21,23-26,28,32H,4-10,13,15-20H2,1-3H3,(H,33,34)/t23-,24-,25+,26-,28+/m0/s1. The minimum Gasteiger partial charge on any atom is -0.482 e. The van der Waals surface area contributed by atoms with E-state index in [-0.39, 0.29) is 36.6 Å². The largest absolute Gasteiger partial charge is 0.482 e. The first-order valence-electron chi connectivity index (χ1n) is 14.6. The molecule has 0 radical (unpaired) electrons. The predicted octanol–water partition coefficient (Wildman–Crippen LogP) is 6.35. The van der Waals surface area contributed by atoms with Crippen molar-refractivity contribution in [1.29, 1.82) is 0 Å². The van der Waals surface area contributed by atoms with Gasteiger partial charge in [0.1, 0.15) is 11.9 Å². The van der Waals surface area contributed by atoms with Crippen molar-refractivity contribution < 1.29 is 29.3 Å². The van der Waals surface area contributed by atoms with Crippen molar-refractivity contribution in [1.82, 2.24) is 0 Å². The van der Waals surface area contributed by atoms with Crippen molar-refractivity contribution in [3.8, 4) is 5.75 Å². The van der Waals surface area contributed by atoms with E-state index in [0.29, 0.717) is 17.6 Å². The SMILES string of the molecule is CCCCCCCCC[C@@H](CC[C@@H]1[C@H]2Cc3cccc(OCC(=O)O)c3C[C@H]2C[C@H]1O)OC(=O)C(C)C. The lowest BCUT2D eigenvalue weighted by atomic mass is 9.73. The smallest absolute Gasteiger partial charge is 0.341 e. The number of carboxylic acids is 1. The van der Waals surface area contributed by atoms with Gasteiger partial charge in [0.2, 0.25) is 0 Å². The number of carbonyl (C=O) groups is 2. The van der Waals surface area contributed by atoms with Crippen LogP contribution >= 0.6 is 0 Å². The van der Waals surface area contributed by atoms with E-state index in [2.05, 4.69) is 13.0 Å². The van der Waals surface area contributed by atoms with Gasteiger partial charge in [0, 0.05) is 0 Å². The summed E-state index contributed by atoms with van der Waals surface area (Å²) >= 11 is 0. The molecule has 0 spiro atoms. The van der Waals surface area contributed by atoms with Gasteiger partial charge in [-0.2, -0.15) is 0 Å². The van der Waals surface area contributed by atoms with E-state index in [1.807, 2.05) is 26.0 Å². The van der Waals surface area contributed by atoms with E-state index in [1.54, 1.807) is 0 Å². The highest BCUT2D eigenvalue weighted by Crippen LogP contribution is 2.48. The molecule has 0 amide bonds. The van der Waals surface area contributed by atoms with Crippen LogP contribution in [0.2, 0.25) is 0 Å². The van der Waals surface area contributed by atoms with Crippen LogP contribution in [0, 0.1) is 23.7 Å². The second kappa shape index (κ2) is 14.8. The summed E-state index contributed by atoms with van der Waals surface area (Å²) in [5, 5.41) is 20.0. The molecule has 208 valence electrons. The van der Waals surface area contributed by atoms with Crippen LogP contribution in [-0.2, 0) is 27.2 Å². The highest BCUT2D eigenvalue weighted by Gasteiger charge is 2.45. The van der Waals surface area contributed by atoms with Crippen LogP contribution in [0.5, 0.6) is 5.75 Å². The second-order valence-electron chi connectivity index (χ2n) is 11.6. The fourth-order valence-electron chi connectivity index (χ4n) is 6.35. The molecule has 6 nitrogen and oxygen atoms in total. The molecule has 37 heavy (non-hydrogen) atoms. The molecule has 3 rings (SSSR count). The summed E-state index contributed by atoms with van der Waals surface area (Å²) in [6, 6.07) is 5.89. The number of unbranched alkanes of at least 4 members (excludes halogenated alkanes) is 6. The zero-order valence-electron chi connectivity index (χ0n) is 23.1. The van der Waals surface area contributed by atoms with E-state index in [9.17, 15) is 14.7 Å². The Morgan fingerprint density at radius 1 is 1.03 bits per heavy atom. The Bertz CT molecular complexity index is 865. The number of aliphatic hydroxyl groups excluding tert-OH is 1. The molecular formula is C31H48O6. The van der Waals surface area contributed by atoms with Gasteiger partial charge in [-0.05, 0) is 79.9 Å². The van der Waals surface area contributed by atoms with Gasteiger partial charge in [0.05, 0.1) is 12.0 Å². The van der Waals surface area contributed by atoms with E-state index < -0.39 is 5.97 Å². The lowest BCUT2D eigenvalue weighted by Gasteiger charge is -2.33. The highest BCUT2D eigenvalue weighted by molar-refractivity contribution is 5.71. The molecule has 0 aromatic heterocycles. The van der Waals surface area contributed by atoms with E-state index >= 15 is 0 Å². The number of aliphatic hydroxyl groups is 1. The summed E-state index contributed by atoms with van der Waals surface area (Å²) in [6.45, 7) is 5.65. The molecule has 0 saturated heterocycles. The number of rotatable bonds is 16. The number of hydrogen-bond acceptors (Lipinski definition) is 5. The number of aliphatic carboxylic acids is 1. The Morgan fingerprint density at radius 3 is 2.46 bits per heavy atom. The Morgan fingerprint density at radius 2 is 1.76 bits per heavy atom. The molecule has 2 aliphatic rings. The van der Waals surface area contributed by atoms with Crippen LogP contribution in [0.25, 0.3) is 0 Å². The van der Waals surface area contributed by atoms with Crippen molar-refractivity contribution in [3.63, 3.8) is 0 Å².